The molecule has 1 saturated carbocycles. The highest BCUT2D eigenvalue weighted by Crippen LogP contribution is 2.68. The largest absolute Gasteiger partial charge is 0.497 e. The zero-order valence-corrected chi connectivity index (χ0v) is 15.6. The molecule has 1 N–H and O–H groups in total. The minimum Gasteiger partial charge on any atom is -0.497 e. The van der Waals surface area contributed by atoms with Crippen molar-refractivity contribution in [2.24, 2.45) is 16.7 Å². The van der Waals surface area contributed by atoms with Gasteiger partial charge in [0.05, 0.1) is 31.2 Å². The Morgan fingerprint density at radius 1 is 1.07 bits per heavy atom. The second-order valence-corrected chi connectivity index (χ2v) is 7.62. The molecule has 2 heterocycles. The Morgan fingerprint density at radius 3 is 2.39 bits per heavy atom. The number of hydrogen-bond acceptors (Lipinski definition) is 7. The van der Waals surface area contributed by atoms with Crippen molar-refractivity contribution in [3.8, 4) is 24.0 Å². The first-order chi connectivity index (χ1) is 13.5. The molecule has 3 aliphatic rings. The topological polar surface area (TPSA) is 123 Å². The average Bonchev–Trinajstić information content (AvgIpc) is 2.86. The van der Waals surface area contributed by atoms with Gasteiger partial charge in [0.25, 0.3) is 0 Å². The lowest BCUT2D eigenvalue weighted by molar-refractivity contribution is -0.284. The Balaban J connectivity index is 1.96. The van der Waals surface area contributed by atoms with Crippen LogP contribution in [0.15, 0.2) is 24.3 Å². The van der Waals surface area contributed by atoms with Crippen molar-refractivity contribution >= 4 is 5.90 Å². The van der Waals surface area contributed by atoms with Crippen LogP contribution in [0.1, 0.15) is 43.8 Å². The summed E-state index contributed by atoms with van der Waals surface area (Å²) in [6.07, 6.45) is 2.74. The predicted molar refractivity (Wildman–Crippen MR) is 96.6 cm³/mol. The van der Waals surface area contributed by atoms with Crippen molar-refractivity contribution in [2.45, 2.75) is 44.0 Å². The van der Waals surface area contributed by atoms with Crippen LogP contribution in [0, 0.1) is 56.2 Å². The van der Waals surface area contributed by atoms with Gasteiger partial charge in [0.1, 0.15) is 11.9 Å². The minimum atomic E-state index is -1.89. The van der Waals surface area contributed by atoms with Gasteiger partial charge < -0.3 is 14.2 Å². The Bertz CT molecular complexity index is 924. The lowest BCUT2D eigenvalue weighted by atomic mass is 9.52. The van der Waals surface area contributed by atoms with E-state index in [1.807, 2.05) is 0 Å². The molecule has 7 heteroatoms. The van der Waals surface area contributed by atoms with Crippen molar-refractivity contribution in [1.82, 2.24) is 0 Å². The van der Waals surface area contributed by atoms with Gasteiger partial charge in [-0.05, 0) is 30.5 Å². The third-order valence-corrected chi connectivity index (χ3v) is 6.48. The molecule has 0 spiro atoms. The fourth-order valence-corrected chi connectivity index (χ4v) is 5.12. The summed E-state index contributed by atoms with van der Waals surface area (Å²) in [6, 6.07) is 13.3. The van der Waals surface area contributed by atoms with Crippen LogP contribution in [-0.2, 0) is 9.47 Å². The second-order valence-electron chi connectivity index (χ2n) is 7.62. The molecule has 0 radical (unpaired) electrons. The van der Waals surface area contributed by atoms with Crippen LogP contribution in [0.4, 0.5) is 0 Å². The van der Waals surface area contributed by atoms with Crippen LogP contribution in [0.25, 0.3) is 0 Å². The molecular weight excluding hydrogens is 356 g/mol. The van der Waals surface area contributed by atoms with E-state index in [1.54, 1.807) is 31.4 Å². The summed E-state index contributed by atoms with van der Waals surface area (Å²) in [7, 11) is 1.55. The van der Waals surface area contributed by atoms with E-state index in [9.17, 15) is 15.8 Å². The van der Waals surface area contributed by atoms with Gasteiger partial charge in [0.2, 0.25) is 17.1 Å². The fraction of sp³-hybridized carbons (Fsp3) is 0.524. The molecule has 4 rings (SSSR count). The Hall–Kier alpha value is -3.08. The van der Waals surface area contributed by atoms with E-state index in [1.165, 1.54) is 0 Å². The molecule has 1 aliphatic carbocycles. The number of nitrogens with zero attached hydrogens (tertiary/aromatic N) is 3. The molecule has 1 aromatic rings. The quantitative estimate of drug-likeness (QED) is 0.841. The summed E-state index contributed by atoms with van der Waals surface area (Å²) in [6.45, 7) is 0. The fourth-order valence-electron chi connectivity index (χ4n) is 5.12. The summed E-state index contributed by atoms with van der Waals surface area (Å²) >= 11 is 0. The van der Waals surface area contributed by atoms with E-state index in [0.717, 1.165) is 19.3 Å². The first-order valence-electron chi connectivity index (χ1n) is 9.37. The highest BCUT2D eigenvalue weighted by atomic mass is 16.7. The summed E-state index contributed by atoms with van der Waals surface area (Å²) in [4.78, 5) is 0. The Labute approximate surface area is 163 Å². The van der Waals surface area contributed by atoms with Crippen molar-refractivity contribution < 1.29 is 14.2 Å². The van der Waals surface area contributed by atoms with Crippen LogP contribution in [0.2, 0.25) is 0 Å². The Kier molecular flexibility index (Phi) is 4.07. The van der Waals surface area contributed by atoms with Gasteiger partial charge in [-0.2, -0.15) is 15.8 Å². The number of nitrogens with one attached hydrogen (secondary N) is 1. The van der Waals surface area contributed by atoms with Crippen molar-refractivity contribution in [2.75, 3.05) is 7.11 Å². The molecule has 2 aliphatic heterocycles. The SMILES string of the molecule is COc1ccc([C@@H]2O[C@]34CCCCC[C@@H]3[C@@](C#N)(C(=N)O4)C2(C#N)C#N)cc1. The maximum absolute atomic E-state index is 10.3. The summed E-state index contributed by atoms with van der Waals surface area (Å²) < 4.78 is 17.5. The van der Waals surface area contributed by atoms with E-state index in [4.69, 9.17) is 19.6 Å². The van der Waals surface area contributed by atoms with Gasteiger partial charge in [-0.3, -0.25) is 5.41 Å². The van der Waals surface area contributed by atoms with Gasteiger partial charge in [0.15, 0.2) is 5.41 Å². The van der Waals surface area contributed by atoms with Crippen LogP contribution in [0.3, 0.4) is 0 Å². The lowest BCUT2D eigenvalue weighted by Gasteiger charge is -2.49. The summed E-state index contributed by atoms with van der Waals surface area (Å²) in [5.74, 6) is -1.35. The number of hydrogen-bond donors (Lipinski definition) is 1. The number of nitriles is 3. The molecular formula is C21H20N4O3. The first kappa shape index (κ1) is 18.3. The smallest absolute Gasteiger partial charge is 0.217 e. The van der Waals surface area contributed by atoms with E-state index in [2.05, 4.69) is 18.2 Å². The van der Waals surface area contributed by atoms with Gasteiger partial charge >= 0.3 is 0 Å². The van der Waals surface area contributed by atoms with Crippen LogP contribution in [0.5, 0.6) is 5.75 Å². The standard InChI is InChI=1S/C21H20N4O3/c1-26-15-8-6-14(7-9-15)17-19(11-22,12-23)20(13-24)16-5-3-2-4-10-21(16,27-17)28-18(20)25/h6-9,16-17,25H,2-5,10H2,1H3/t16-,17+,20+,21+/m1/s1. The highest BCUT2D eigenvalue weighted by Gasteiger charge is 2.80. The number of rotatable bonds is 2. The molecule has 28 heavy (non-hydrogen) atoms. The molecule has 2 bridgehead atoms. The molecule has 142 valence electrons. The lowest BCUT2D eigenvalue weighted by Crippen LogP contribution is -2.59. The van der Waals surface area contributed by atoms with Gasteiger partial charge in [-0.1, -0.05) is 25.0 Å². The highest BCUT2D eigenvalue weighted by molar-refractivity contribution is 5.89. The van der Waals surface area contributed by atoms with E-state index >= 15 is 0 Å². The third kappa shape index (κ3) is 2.02. The second kappa shape index (κ2) is 6.23. The van der Waals surface area contributed by atoms with Gasteiger partial charge in [-0.25, -0.2) is 0 Å². The molecule has 0 amide bonds. The maximum Gasteiger partial charge on any atom is 0.217 e. The summed E-state index contributed by atoms with van der Waals surface area (Å²) in [5, 5.41) is 39.2. The molecule has 0 unspecified atom stereocenters. The molecule has 4 atom stereocenters. The Morgan fingerprint density at radius 2 is 1.79 bits per heavy atom. The zero-order chi connectivity index (χ0) is 20.0. The van der Waals surface area contributed by atoms with Crippen molar-refractivity contribution in [3.63, 3.8) is 0 Å². The monoisotopic (exact) mass is 376 g/mol. The molecule has 0 aromatic heterocycles. The zero-order valence-electron chi connectivity index (χ0n) is 15.6. The van der Waals surface area contributed by atoms with Gasteiger partial charge in [-0.15, -0.1) is 0 Å². The van der Waals surface area contributed by atoms with Crippen molar-refractivity contribution in [1.29, 1.82) is 21.2 Å². The molecule has 7 nitrogen and oxygen atoms in total. The average molecular weight is 376 g/mol. The van der Waals surface area contributed by atoms with E-state index < -0.39 is 28.6 Å². The molecule has 2 saturated heterocycles. The van der Waals surface area contributed by atoms with E-state index in [0.29, 0.717) is 24.2 Å². The predicted octanol–water partition coefficient (Wildman–Crippen LogP) is 3.59. The number of ether oxygens (including phenoxy) is 3. The van der Waals surface area contributed by atoms with Crippen LogP contribution in [-0.4, -0.2) is 18.8 Å². The normalized spacial score (nSPS) is 35.3. The minimum absolute atomic E-state index is 0.319. The third-order valence-electron chi connectivity index (χ3n) is 6.48. The first-order valence-corrected chi connectivity index (χ1v) is 9.37. The van der Waals surface area contributed by atoms with Gasteiger partial charge in [0, 0.05) is 6.42 Å². The molecule has 3 fully saturated rings. The van der Waals surface area contributed by atoms with Crippen LogP contribution < -0.4 is 4.74 Å². The number of methoxy groups -OCH3 is 1. The summed E-state index contributed by atoms with van der Waals surface area (Å²) in [5.41, 5.74) is -2.96. The van der Waals surface area contributed by atoms with E-state index in [-0.39, 0.29) is 5.90 Å². The molecule has 1 aromatic carbocycles. The maximum atomic E-state index is 10.3. The number of benzene rings is 1. The van der Waals surface area contributed by atoms with Crippen molar-refractivity contribution in [3.05, 3.63) is 29.8 Å². The van der Waals surface area contributed by atoms with Crippen LogP contribution >= 0.6 is 0 Å².